The molecular formula is C27H24N2O2. The first-order valence-corrected chi connectivity index (χ1v) is 11.0. The van der Waals surface area contributed by atoms with Gasteiger partial charge in [0.05, 0.1) is 17.8 Å². The number of aromatic nitrogens is 1. The topological polar surface area (TPSA) is 45.3 Å². The molecule has 31 heavy (non-hydrogen) atoms. The van der Waals surface area contributed by atoms with Crippen LogP contribution in [0.4, 0.5) is 0 Å². The Morgan fingerprint density at radius 2 is 1.71 bits per heavy atom. The van der Waals surface area contributed by atoms with Crippen molar-refractivity contribution in [3.8, 4) is 11.3 Å². The lowest BCUT2D eigenvalue weighted by Gasteiger charge is -2.28. The Morgan fingerprint density at radius 3 is 2.55 bits per heavy atom. The standard InChI is InChI=1S/C27H24N2O2/c30-27-21-13-5-4-12-20(21)26(29(27)17-19-11-8-16-31-19)24-22-14-6-7-15-23(22)28-25(24)18-9-2-1-3-10-18/h1-7,9-10,12-15,19,26,28H,8,11,16-17H2/t19-,26-/m0/s1. The van der Waals surface area contributed by atoms with Gasteiger partial charge in [-0.15, -0.1) is 0 Å². The lowest BCUT2D eigenvalue weighted by atomic mass is 9.93. The summed E-state index contributed by atoms with van der Waals surface area (Å²) in [6.45, 7) is 1.40. The number of nitrogens with one attached hydrogen (secondary N) is 1. The van der Waals surface area contributed by atoms with E-state index < -0.39 is 0 Å². The van der Waals surface area contributed by atoms with Gasteiger partial charge in [0.1, 0.15) is 0 Å². The number of amides is 1. The summed E-state index contributed by atoms with van der Waals surface area (Å²) in [5.74, 6) is 0.0976. The van der Waals surface area contributed by atoms with Crippen molar-refractivity contribution in [3.63, 3.8) is 0 Å². The van der Waals surface area contributed by atoms with Crippen LogP contribution in [-0.2, 0) is 4.74 Å². The van der Waals surface area contributed by atoms with E-state index in [1.807, 2.05) is 29.2 Å². The zero-order chi connectivity index (χ0) is 20.8. The molecular weight excluding hydrogens is 384 g/mol. The average molecular weight is 409 g/mol. The molecule has 1 N–H and O–H groups in total. The van der Waals surface area contributed by atoms with Crippen molar-refractivity contribution in [2.45, 2.75) is 25.0 Å². The quantitative estimate of drug-likeness (QED) is 0.481. The summed E-state index contributed by atoms with van der Waals surface area (Å²) in [7, 11) is 0. The number of ether oxygens (including phenoxy) is 1. The summed E-state index contributed by atoms with van der Waals surface area (Å²) < 4.78 is 5.93. The Bertz CT molecular complexity index is 1250. The summed E-state index contributed by atoms with van der Waals surface area (Å²) in [4.78, 5) is 19.2. The van der Waals surface area contributed by atoms with Crippen LogP contribution in [0, 0.1) is 0 Å². The van der Waals surface area contributed by atoms with Gasteiger partial charge in [0, 0.05) is 35.2 Å². The first-order valence-electron chi connectivity index (χ1n) is 11.0. The third-order valence-corrected chi connectivity index (χ3v) is 6.56. The fourth-order valence-electron chi connectivity index (χ4n) is 5.16. The molecule has 1 aromatic heterocycles. The van der Waals surface area contributed by atoms with Crippen LogP contribution >= 0.6 is 0 Å². The Hall–Kier alpha value is -3.37. The summed E-state index contributed by atoms with van der Waals surface area (Å²) in [6.07, 6.45) is 2.17. The number of nitrogens with zero attached hydrogens (tertiary/aromatic N) is 1. The van der Waals surface area contributed by atoms with E-state index in [0.29, 0.717) is 6.54 Å². The maximum absolute atomic E-state index is 13.5. The molecule has 1 amide bonds. The fourth-order valence-corrected chi connectivity index (χ4v) is 5.16. The minimum Gasteiger partial charge on any atom is -0.376 e. The van der Waals surface area contributed by atoms with E-state index in [1.54, 1.807) is 0 Å². The second-order valence-corrected chi connectivity index (χ2v) is 8.41. The number of para-hydroxylation sites is 1. The van der Waals surface area contributed by atoms with Crippen LogP contribution in [0.2, 0.25) is 0 Å². The Kier molecular flexibility index (Phi) is 4.39. The average Bonchev–Trinajstić information content (AvgIpc) is 3.53. The van der Waals surface area contributed by atoms with Crippen LogP contribution in [-0.4, -0.2) is 35.0 Å². The summed E-state index contributed by atoms with van der Waals surface area (Å²) >= 11 is 0. The van der Waals surface area contributed by atoms with Crippen molar-refractivity contribution in [2.75, 3.05) is 13.2 Å². The minimum absolute atomic E-state index is 0.0976. The van der Waals surface area contributed by atoms with Crippen molar-refractivity contribution >= 4 is 16.8 Å². The first-order chi connectivity index (χ1) is 15.3. The number of H-pyrrole nitrogens is 1. The summed E-state index contributed by atoms with van der Waals surface area (Å²) in [5, 5.41) is 1.16. The second kappa shape index (κ2) is 7.40. The predicted octanol–water partition coefficient (Wildman–Crippen LogP) is 5.56. The molecule has 3 aromatic carbocycles. The summed E-state index contributed by atoms with van der Waals surface area (Å²) in [5.41, 5.74) is 6.34. The first kappa shape index (κ1) is 18.4. The molecule has 1 saturated heterocycles. The molecule has 0 unspecified atom stereocenters. The predicted molar refractivity (Wildman–Crippen MR) is 122 cm³/mol. The lowest BCUT2D eigenvalue weighted by molar-refractivity contribution is 0.0501. The maximum atomic E-state index is 13.5. The number of benzene rings is 3. The molecule has 4 heteroatoms. The molecule has 3 heterocycles. The lowest BCUT2D eigenvalue weighted by Crippen LogP contribution is -2.35. The van der Waals surface area contributed by atoms with Gasteiger partial charge in [0.2, 0.25) is 0 Å². The van der Waals surface area contributed by atoms with E-state index in [9.17, 15) is 4.79 Å². The number of hydrogen-bond donors (Lipinski definition) is 1. The van der Waals surface area contributed by atoms with E-state index >= 15 is 0 Å². The molecule has 0 saturated carbocycles. The molecule has 4 aromatic rings. The van der Waals surface area contributed by atoms with Gasteiger partial charge < -0.3 is 14.6 Å². The normalized spacial score (nSPS) is 20.5. The number of rotatable bonds is 4. The highest BCUT2D eigenvalue weighted by atomic mass is 16.5. The monoisotopic (exact) mass is 408 g/mol. The van der Waals surface area contributed by atoms with Gasteiger partial charge in [0.15, 0.2) is 0 Å². The highest BCUT2D eigenvalue weighted by Crippen LogP contribution is 2.45. The van der Waals surface area contributed by atoms with Crippen molar-refractivity contribution in [3.05, 3.63) is 95.6 Å². The molecule has 154 valence electrons. The van der Waals surface area contributed by atoms with Crippen molar-refractivity contribution in [1.82, 2.24) is 9.88 Å². The number of hydrogen-bond acceptors (Lipinski definition) is 2. The number of aromatic amines is 1. The zero-order valence-electron chi connectivity index (χ0n) is 17.3. The Balaban J connectivity index is 1.58. The molecule has 2 aliphatic rings. The minimum atomic E-state index is -0.140. The van der Waals surface area contributed by atoms with Crippen LogP contribution in [0.1, 0.15) is 40.4 Å². The van der Waals surface area contributed by atoms with Gasteiger partial charge in [-0.1, -0.05) is 66.7 Å². The van der Waals surface area contributed by atoms with E-state index in [1.165, 1.54) is 0 Å². The molecule has 2 aliphatic heterocycles. The van der Waals surface area contributed by atoms with Crippen LogP contribution in [0.25, 0.3) is 22.2 Å². The molecule has 6 rings (SSSR count). The van der Waals surface area contributed by atoms with E-state index in [-0.39, 0.29) is 18.1 Å². The van der Waals surface area contributed by atoms with Gasteiger partial charge in [-0.25, -0.2) is 0 Å². The van der Waals surface area contributed by atoms with Gasteiger partial charge >= 0.3 is 0 Å². The van der Waals surface area contributed by atoms with Crippen LogP contribution in [0.15, 0.2) is 78.9 Å². The molecule has 0 aliphatic carbocycles. The van der Waals surface area contributed by atoms with Gasteiger partial charge in [-0.05, 0) is 36.1 Å². The smallest absolute Gasteiger partial charge is 0.255 e. The second-order valence-electron chi connectivity index (χ2n) is 8.41. The fraction of sp³-hybridized carbons (Fsp3) is 0.222. The van der Waals surface area contributed by atoms with Gasteiger partial charge in [-0.2, -0.15) is 0 Å². The van der Waals surface area contributed by atoms with E-state index in [0.717, 1.165) is 58.3 Å². The van der Waals surface area contributed by atoms with Crippen LogP contribution in [0.5, 0.6) is 0 Å². The maximum Gasteiger partial charge on any atom is 0.255 e. The van der Waals surface area contributed by atoms with Crippen molar-refractivity contribution in [2.24, 2.45) is 0 Å². The Morgan fingerprint density at radius 1 is 0.935 bits per heavy atom. The molecule has 0 bridgehead atoms. The number of carbonyl (C=O) groups excluding carboxylic acids is 1. The largest absolute Gasteiger partial charge is 0.376 e. The van der Waals surface area contributed by atoms with Crippen LogP contribution in [0.3, 0.4) is 0 Å². The zero-order valence-corrected chi connectivity index (χ0v) is 17.3. The van der Waals surface area contributed by atoms with Crippen LogP contribution < -0.4 is 0 Å². The molecule has 0 radical (unpaired) electrons. The third-order valence-electron chi connectivity index (χ3n) is 6.56. The Labute approximate surface area is 181 Å². The summed E-state index contributed by atoms with van der Waals surface area (Å²) in [6, 6.07) is 26.7. The third kappa shape index (κ3) is 2.98. The van der Waals surface area contributed by atoms with Gasteiger partial charge in [-0.3, -0.25) is 4.79 Å². The van der Waals surface area contributed by atoms with Gasteiger partial charge in [0.25, 0.3) is 5.91 Å². The molecule has 2 atom stereocenters. The number of fused-ring (bicyclic) bond motifs is 2. The molecule has 1 fully saturated rings. The van der Waals surface area contributed by atoms with Crippen molar-refractivity contribution < 1.29 is 9.53 Å². The van der Waals surface area contributed by atoms with E-state index in [2.05, 4.69) is 59.6 Å². The highest BCUT2D eigenvalue weighted by Gasteiger charge is 2.41. The molecule has 4 nitrogen and oxygen atoms in total. The van der Waals surface area contributed by atoms with E-state index in [4.69, 9.17) is 4.74 Å². The SMILES string of the molecule is O=C1c2ccccc2[C@@H](c2c(-c3ccccc3)[nH]c3ccccc23)N1C[C@@H]1CCCO1. The highest BCUT2D eigenvalue weighted by molar-refractivity contribution is 6.02. The molecule has 0 spiro atoms. The number of carbonyl (C=O) groups is 1. The van der Waals surface area contributed by atoms with Crippen molar-refractivity contribution in [1.29, 1.82) is 0 Å².